The summed E-state index contributed by atoms with van der Waals surface area (Å²) in [6.07, 6.45) is 2.90. The van der Waals surface area contributed by atoms with Crippen LogP contribution >= 0.6 is 23.2 Å². The van der Waals surface area contributed by atoms with E-state index in [0.717, 1.165) is 6.07 Å². The standard InChI is InChI=1S/C21H15Cl2FN8O/c1-10(29-19-17-18(26-8-25-17)27-9-28-19)20-30-15-4-2-3-12(22)16(15)21(33)32(20)31-14-6-5-11(24)7-13(14)23/h2-10,31H,1H3,(H2,25,26,27,28,29). The van der Waals surface area contributed by atoms with Gasteiger partial charge >= 0.3 is 0 Å². The van der Waals surface area contributed by atoms with Gasteiger partial charge in [0.25, 0.3) is 5.56 Å². The zero-order valence-electron chi connectivity index (χ0n) is 17.0. The number of hydrogen-bond acceptors (Lipinski definition) is 7. The van der Waals surface area contributed by atoms with Gasteiger partial charge in [0.15, 0.2) is 17.3 Å². The van der Waals surface area contributed by atoms with Crippen molar-refractivity contribution in [2.24, 2.45) is 0 Å². The topological polar surface area (TPSA) is 113 Å². The molecule has 3 N–H and O–H groups in total. The molecule has 12 heteroatoms. The lowest BCUT2D eigenvalue weighted by Gasteiger charge is -2.21. The quantitative estimate of drug-likeness (QED) is 0.335. The van der Waals surface area contributed by atoms with Crippen molar-refractivity contribution in [3.05, 3.63) is 81.1 Å². The van der Waals surface area contributed by atoms with E-state index < -0.39 is 17.4 Å². The van der Waals surface area contributed by atoms with E-state index >= 15 is 0 Å². The average molecular weight is 485 g/mol. The van der Waals surface area contributed by atoms with Crippen LogP contribution in [-0.2, 0) is 0 Å². The van der Waals surface area contributed by atoms with Crippen molar-refractivity contribution in [3.63, 3.8) is 0 Å². The van der Waals surface area contributed by atoms with Crippen LogP contribution in [0.25, 0.3) is 22.1 Å². The van der Waals surface area contributed by atoms with Gasteiger partial charge in [-0.2, -0.15) is 0 Å². The normalized spacial score (nSPS) is 12.2. The summed E-state index contributed by atoms with van der Waals surface area (Å²) < 4.78 is 14.8. The van der Waals surface area contributed by atoms with Gasteiger partial charge in [-0.1, -0.05) is 29.3 Å². The Bertz CT molecular complexity index is 1570. The number of H-pyrrole nitrogens is 1. The van der Waals surface area contributed by atoms with E-state index in [0.29, 0.717) is 34.0 Å². The largest absolute Gasteiger partial charge is 0.358 e. The first-order chi connectivity index (χ1) is 15.9. The minimum Gasteiger partial charge on any atom is -0.358 e. The molecule has 3 aromatic heterocycles. The highest BCUT2D eigenvalue weighted by Crippen LogP contribution is 2.26. The third-order valence-corrected chi connectivity index (χ3v) is 5.63. The summed E-state index contributed by atoms with van der Waals surface area (Å²) in [7, 11) is 0. The second kappa shape index (κ2) is 8.30. The highest BCUT2D eigenvalue weighted by molar-refractivity contribution is 6.35. The third kappa shape index (κ3) is 3.83. The van der Waals surface area contributed by atoms with E-state index in [1.165, 1.54) is 29.5 Å². The molecule has 33 heavy (non-hydrogen) atoms. The number of anilines is 2. The molecule has 0 spiro atoms. The maximum Gasteiger partial charge on any atom is 0.281 e. The predicted octanol–water partition coefficient (Wildman–Crippen LogP) is 4.56. The van der Waals surface area contributed by atoms with Gasteiger partial charge in [-0.05, 0) is 37.3 Å². The van der Waals surface area contributed by atoms with Crippen LogP contribution in [0.5, 0.6) is 0 Å². The molecule has 3 heterocycles. The van der Waals surface area contributed by atoms with E-state index in [1.807, 2.05) is 6.92 Å². The summed E-state index contributed by atoms with van der Waals surface area (Å²) >= 11 is 12.5. The lowest BCUT2D eigenvalue weighted by molar-refractivity contribution is 0.627. The molecule has 2 aromatic carbocycles. The molecule has 0 aliphatic carbocycles. The molecule has 0 aliphatic heterocycles. The number of aromatic nitrogens is 6. The van der Waals surface area contributed by atoms with Crippen LogP contribution in [-0.4, -0.2) is 29.6 Å². The number of nitrogens with one attached hydrogen (secondary N) is 3. The van der Waals surface area contributed by atoms with Gasteiger partial charge in [0.05, 0.1) is 39.0 Å². The lowest BCUT2D eigenvalue weighted by Crippen LogP contribution is -2.33. The molecule has 166 valence electrons. The van der Waals surface area contributed by atoms with Crippen LogP contribution in [0, 0.1) is 5.82 Å². The Kier molecular flexibility index (Phi) is 5.31. The molecule has 0 saturated carbocycles. The lowest BCUT2D eigenvalue weighted by atomic mass is 10.2. The number of nitrogens with zero attached hydrogens (tertiary/aromatic N) is 5. The molecule has 5 rings (SSSR count). The molecule has 9 nitrogen and oxygen atoms in total. The number of benzene rings is 2. The van der Waals surface area contributed by atoms with E-state index in [4.69, 9.17) is 23.2 Å². The summed E-state index contributed by atoms with van der Waals surface area (Å²) in [6.45, 7) is 1.81. The number of imidazole rings is 1. The molecule has 1 unspecified atom stereocenters. The Morgan fingerprint density at radius 2 is 1.97 bits per heavy atom. The minimum absolute atomic E-state index is 0.0997. The summed E-state index contributed by atoms with van der Waals surface area (Å²) in [4.78, 5) is 33.6. The Morgan fingerprint density at radius 3 is 2.79 bits per heavy atom. The highest BCUT2D eigenvalue weighted by Gasteiger charge is 2.20. The van der Waals surface area contributed by atoms with Gasteiger partial charge < -0.3 is 10.3 Å². The molecule has 5 aromatic rings. The van der Waals surface area contributed by atoms with Gasteiger partial charge in [-0.25, -0.2) is 29.0 Å². The second-order valence-electron chi connectivity index (χ2n) is 7.17. The van der Waals surface area contributed by atoms with E-state index in [1.54, 1.807) is 18.2 Å². The Labute approximate surface area is 195 Å². The maximum atomic E-state index is 13.5. The molecule has 0 aliphatic rings. The van der Waals surface area contributed by atoms with Crippen molar-refractivity contribution in [1.29, 1.82) is 0 Å². The van der Waals surface area contributed by atoms with Crippen molar-refractivity contribution < 1.29 is 4.39 Å². The monoisotopic (exact) mass is 484 g/mol. The van der Waals surface area contributed by atoms with Crippen molar-refractivity contribution in [2.75, 3.05) is 10.7 Å². The first-order valence-corrected chi connectivity index (χ1v) is 10.5. The SMILES string of the molecule is CC(Nc1ncnc2nc[nH]c12)c1nc2cccc(Cl)c2c(=O)n1Nc1ccc(F)cc1Cl. The fourth-order valence-corrected chi connectivity index (χ4v) is 3.91. The molecular formula is C21H15Cl2FN8O. The second-order valence-corrected chi connectivity index (χ2v) is 7.98. The number of aromatic amines is 1. The van der Waals surface area contributed by atoms with Crippen LogP contribution in [0.2, 0.25) is 10.0 Å². The highest BCUT2D eigenvalue weighted by atomic mass is 35.5. The Hall–Kier alpha value is -3.76. The molecule has 1 atom stereocenters. The fourth-order valence-electron chi connectivity index (χ4n) is 3.45. The first-order valence-electron chi connectivity index (χ1n) is 9.76. The van der Waals surface area contributed by atoms with Gasteiger partial charge in [-0.3, -0.25) is 10.2 Å². The molecular weight excluding hydrogens is 470 g/mol. The summed E-state index contributed by atoms with van der Waals surface area (Å²) in [5.41, 5.74) is 4.35. The predicted molar refractivity (Wildman–Crippen MR) is 125 cm³/mol. The Morgan fingerprint density at radius 1 is 1.12 bits per heavy atom. The van der Waals surface area contributed by atoms with Crippen molar-refractivity contribution in [1.82, 2.24) is 29.6 Å². The molecule has 0 amide bonds. The molecule has 0 bridgehead atoms. The molecule has 0 radical (unpaired) electrons. The molecule has 0 fully saturated rings. The summed E-state index contributed by atoms with van der Waals surface area (Å²) in [5, 5.41) is 3.83. The van der Waals surface area contributed by atoms with Crippen LogP contribution in [0.15, 0.2) is 53.8 Å². The number of hydrogen-bond donors (Lipinski definition) is 3. The first kappa shape index (κ1) is 21.1. The fraction of sp³-hybridized carbons (Fsp3) is 0.0952. The van der Waals surface area contributed by atoms with Crippen molar-refractivity contribution in [3.8, 4) is 0 Å². The van der Waals surface area contributed by atoms with Gasteiger partial charge in [0.1, 0.15) is 17.7 Å². The molecule has 0 saturated heterocycles. The number of halogens is 3. The van der Waals surface area contributed by atoms with Crippen LogP contribution < -0.4 is 16.3 Å². The van der Waals surface area contributed by atoms with E-state index in [2.05, 4.69) is 35.7 Å². The van der Waals surface area contributed by atoms with Gasteiger partial charge in [-0.15, -0.1) is 0 Å². The zero-order valence-corrected chi connectivity index (χ0v) is 18.5. The summed E-state index contributed by atoms with van der Waals surface area (Å²) in [6, 6.07) is 8.32. The smallest absolute Gasteiger partial charge is 0.281 e. The van der Waals surface area contributed by atoms with Crippen LogP contribution in [0.3, 0.4) is 0 Å². The van der Waals surface area contributed by atoms with Crippen LogP contribution in [0.4, 0.5) is 15.9 Å². The minimum atomic E-state index is -0.519. The number of fused-ring (bicyclic) bond motifs is 2. The number of rotatable bonds is 5. The van der Waals surface area contributed by atoms with E-state index in [9.17, 15) is 9.18 Å². The van der Waals surface area contributed by atoms with Crippen molar-refractivity contribution >= 4 is 56.8 Å². The van der Waals surface area contributed by atoms with Crippen LogP contribution in [0.1, 0.15) is 18.8 Å². The average Bonchev–Trinajstić information content (AvgIpc) is 3.27. The summed E-state index contributed by atoms with van der Waals surface area (Å²) in [5.74, 6) is 0.304. The maximum absolute atomic E-state index is 13.5. The van der Waals surface area contributed by atoms with Gasteiger partial charge in [0.2, 0.25) is 0 Å². The third-order valence-electron chi connectivity index (χ3n) is 5.00. The van der Waals surface area contributed by atoms with E-state index in [-0.39, 0.29) is 15.4 Å². The Balaban J connectivity index is 1.65. The van der Waals surface area contributed by atoms with Gasteiger partial charge in [0, 0.05) is 0 Å². The zero-order chi connectivity index (χ0) is 23.1. The van der Waals surface area contributed by atoms with Crippen molar-refractivity contribution in [2.45, 2.75) is 13.0 Å².